The maximum Gasteiger partial charge on any atom is 0.232 e. The topological polar surface area (TPSA) is 321 Å². The van der Waals surface area contributed by atoms with Gasteiger partial charge in [0.05, 0.1) is 119 Å². The van der Waals surface area contributed by atoms with Gasteiger partial charge in [0.15, 0.2) is 34.3 Å². The molecule has 31 heteroatoms. The maximum atomic E-state index is 9.82. The van der Waals surface area contributed by atoms with Gasteiger partial charge in [0.1, 0.15) is 41.0 Å². The summed E-state index contributed by atoms with van der Waals surface area (Å²) in [5.41, 5.74) is 11.7. The van der Waals surface area contributed by atoms with Crippen molar-refractivity contribution in [2.75, 3.05) is 88.7 Å². The molecule has 88 heavy (non-hydrogen) atoms. The average Bonchev–Trinajstić information content (AvgIpc) is 1.96. The first-order valence-corrected chi connectivity index (χ1v) is 29.3. The highest BCUT2D eigenvalue weighted by Gasteiger charge is 2.30. The third-order valence-corrected chi connectivity index (χ3v) is 15.9. The standard InChI is InChI=1S/C23H28N8O2.C12H15N3O3.C11H14ClN5O.C6H4Cl2N4.C5H11NO/c1-14-8-17(9-19(33-4)15(14)2)30-11-20(24-13-30)26-23-27-21-18(10-25-29(21)3)22(28-23)31-7-5-6-16(31)12-32;1-16-9-4-8(15-6-11(13)14-7-15)5-10(17-2)12(9)18-3;1-16-9-8(5-13-16)10(15-11(12)14-9)17-4-2-3-7(17)6-18;1-12-5-3(2-9-12)4(7)10-6(8)11-5;7-4-5-2-1-3-6-5/h8-11,13,16,32H,5-7,12H2,1-4H3,(H,26,27,28);4-7H,13H2,1-3H3;5,7,18H,2-4,6H2,1H3;2H,1H3;5-7H,1-4H2/t16-;;7-;;5-/m0.0.0/s1. The molecule has 0 unspecified atom stereocenters. The number of fused-ring (bicyclic) bond motifs is 3. The number of nitrogens with one attached hydrogen (secondary N) is 2. The van der Waals surface area contributed by atoms with Crippen molar-refractivity contribution in [1.29, 1.82) is 0 Å². The predicted octanol–water partition coefficient (Wildman–Crippen LogP) is 6.74. The van der Waals surface area contributed by atoms with Crippen LogP contribution in [-0.4, -0.2) is 180 Å². The largest absolute Gasteiger partial charge is 0.496 e. The van der Waals surface area contributed by atoms with Gasteiger partial charge in [-0.1, -0.05) is 11.6 Å². The van der Waals surface area contributed by atoms with Gasteiger partial charge in [-0.25, -0.2) is 15.0 Å². The summed E-state index contributed by atoms with van der Waals surface area (Å²) in [5, 5.41) is 49.8. The molecule has 11 heterocycles. The minimum absolute atomic E-state index is 0.0510. The Morgan fingerprint density at radius 2 is 1.12 bits per heavy atom. The van der Waals surface area contributed by atoms with Gasteiger partial charge in [-0.2, -0.15) is 40.2 Å². The van der Waals surface area contributed by atoms with E-state index in [1.54, 1.807) is 91.5 Å². The summed E-state index contributed by atoms with van der Waals surface area (Å²) >= 11 is 17.4. The second-order valence-electron chi connectivity index (χ2n) is 20.8. The van der Waals surface area contributed by atoms with Gasteiger partial charge in [-0.15, -0.1) is 0 Å². The maximum absolute atomic E-state index is 9.82. The highest BCUT2D eigenvalue weighted by atomic mass is 35.5. The SMILES string of the molecule is COc1cc(-n2cnc(N)c2)cc(OC)c1OC.COc1cc(-n2cnc(Nc3nc(N4CCC[C@H]4CO)c4cnn(C)c4n3)c2)cc(C)c1C.Cn1ncc2c(Cl)nc(Cl)nc21.Cn1ncc2c(N3CCC[C@H]3CO)nc(Cl)nc21.OC[C@@H]1CCCN1. The minimum atomic E-state index is 0.0510. The monoisotopic (exact) mass is 1270 g/mol. The van der Waals surface area contributed by atoms with E-state index in [4.69, 9.17) is 69.6 Å². The molecule has 0 radical (unpaired) electrons. The molecule has 8 aromatic heterocycles. The average molecular weight is 1270 g/mol. The van der Waals surface area contributed by atoms with E-state index in [9.17, 15) is 10.2 Å². The first-order chi connectivity index (χ1) is 42.5. The molecule has 3 aliphatic heterocycles. The van der Waals surface area contributed by atoms with E-state index < -0.39 is 0 Å². The van der Waals surface area contributed by atoms with Crippen molar-refractivity contribution in [3.63, 3.8) is 0 Å². The Hall–Kier alpha value is -8.38. The van der Waals surface area contributed by atoms with Crippen molar-refractivity contribution in [1.82, 2.24) is 83.7 Å². The second kappa shape index (κ2) is 29.1. The van der Waals surface area contributed by atoms with E-state index in [1.807, 2.05) is 50.0 Å². The number of anilines is 5. The van der Waals surface area contributed by atoms with Crippen LogP contribution in [0, 0.1) is 13.8 Å². The zero-order valence-corrected chi connectivity index (χ0v) is 52.6. The van der Waals surface area contributed by atoms with E-state index in [2.05, 4.69) is 83.6 Å². The third kappa shape index (κ3) is 14.4. The lowest BCUT2D eigenvalue weighted by molar-refractivity contribution is 0.255. The molecule has 468 valence electrons. The normalized spacial score (nSPS) is 16.1. The first kappa shape index (κ1) is 64.1. The molecule has 0 amide bonds. The fourth-order valence-corrected chi connectivity index (χ4v) is 11.1. The minimum Gasteiger partial charge on any atom is -0.496 e. The number of nitrogen functional groups attached to an aromatic ring is 1. The van der Waals surface area contributed by atoms with Crippen LogP contribution in [0.5, 0.6) is 23.0 Å². The van der Waals surface area contributed by atoms with Gasteiger partial charge < -0.3 is 69.6 Å². The molecular formula is C57H72Cl3N21O7. The Morgan fingerprint density at radius 3 is 1.65 bits per heavy atom. The third-order valence-electron chi connectivity index (χ3n) is 15.2. The lowest BCUT2D eigenvalue weighted by atomic mass is 10.1. The number of hydrogen-bond acceptors (Lipinski definition) is 23. The van der Waals surface area contributed by atoms with Gasteiger partial charge in [0, 0.05) is 58.5 Å². The van der Waals surface area contributed by atoms with Crippen LogP contribution in [0.25, 0.3) is 44.5 Å². The summed E-state index contributed by atoms with van der Waals surface area (Å²) in [6.07, 6.45) is 18.5. The van der Waals surface area contributed by atoms with Crippen molar-refractivity contribution in [2.24, 2.45) is 21.1 Å². The Bertz CT molecular complexity index is 3950. The number of halogens is 3. The van der Waals surface area contributed by atoms with Crippen molar-refractivity contribution in [3.05, 3.63) is 94.8 Å². The molecule has 3 saturated heterocycles. The summed E-state index contributed by atoms with van der Waals surface area (Å²) in [5.74, 6) is 5.62. The van der Waals surface area contributed by atoms with Crippen LogP contribution in [0.4, 0.5) is 29.2 Å². The molecule has 28 nitrogen and oxygen atoms in total. The molecular weight excluding hydrogens is 1200 g/mol. The van der Waals surface area contributed by atoms with Gasteiger partial charge in [0.25, 0.3) is 0 Å². The van der Waals surface area contributed by atoms with Crippen LogP contribution in [0.2, 0.25) is 15.7 Å². The first-order valence-electron chi connectivity index (χ1n) is 28.2. The number of hydrogen-bond donors (Lipinski definition) is 6. The highest BCUT2D eigenvalue weighted by molar-refractivity contribution is 6.35. The van der Waals surface area contributed by atoms with E-state index in [-0.39, 0.29) is 35.9 Å². The number of rotatable bonds is 13. The molecule has 3 fully saturated rings. The molecule has 13 rings (SSSR count). The van der Waals surface area contributed by atoms with Crippen LogP contribution in [0.15, 0.2) is 67.9 Å². The van der Waals surface area contributed by atoms with E-state index in [0.29, 0.717) is 69.3 Å². The number of aromatic nitrogens is 16. The van der Waals surface area contributed by atoms with Crippen LogP contribution < -0.4 is 45.1 Å². The second-order valence-corrected chi connectivity index (χ2v) is 21.8. The number of benzene rings is 2. The number of aliphatic hydroxyl groups is 3. The van der Waals surface area contributed by atoms with Crippen LogP contribution in [-0.2, 0) is 21.1 Å². The van der Waals surface area contributed by atoms with Gasteiger partial charge >= 0.3 is 0 Å². The molecule has 0 spiro atoms. The van der Waals surface area contributed by atoms with Crippen molar-refractivity contribution < 1.29 is 34.3 Å². The van der Waals surface area contributed by atoms with Gasteiger partial charge in [-0.05, 0) is 99.3 Å². The number of aliphatic hydroxyl groups excluding tert-OH is 3. The Balaban J connectivity index is 0.000000143. The molecule has 0 aliphatic carbocycles. The Kier molecular flexibility index (Phi) is 21.2. The number of nitrogens with two attached hydrogens (primary N) is 1. The van der Waals surface area contributed by atoms with E-state index in [1.165, 1.54) is 6.42 Å². The predicted molar refractivity (Wildman–Crippen MR) is 337 cm³/mol. The van der Waals surface area contributed by atoms with Crippen molar-refractivity contribution in [2.45, 2.75) is 70.5 Å². The fourth-order valence-electron chi connectivity index (χ4n) is 10.5. The highest BCUT2D eigenvalue weighted by Crippen LogP contribution is 2.40. The fraction of sp³-hybridized carbons (Fsp3) is 0.421. The van der Waals surface area contributed by atoms with Crippen LogP contribution in [0.3, 0.4) is 0 Å². The summed E-state index contributed by atoms with van der Waals surface area (Å²) in [6.45, 7) is 7.45. The number of methoxy groups -OCH3 is 4. The van der Waals surface area contributed by atoms with E-state index >= 15 is 0 Å². The molecule has 0 saturated carbocycles. The van der Waals surface area contributed by atoms with Crippen LogP contribution >= 0.6 is 34.8 Å². The number of imidazole rings is 2. The Labute approximate surface area is 522 Å². The molecule has 2 aromatic carbocycles. The summed E-state index contributed by atoms with van der Waals surface area (Å²) in [6, 6.07) is 8.30. The molecule has 10 aromatic rings. The van der Waals surface area contributed by atoms with Crippen molar-refractivity contribution in [3.8, 4) is 34.4 Å². The summed E-state index contributed by atoms with van der Waals surface area (Å²) in [7, 11) is 11.8. The molecule has 7 N–H and O–H groups in total. The number of nitrogens with zero attached hydrogens (tertiary/aromatic N) is 18. The summed E-state index contributed by atoms with van der Waals surface area (Å²) in [4.78, 5) is 38.4. The zero-order valence-electron chi connectivity index (χ0n) is 50.3. The lowest BCUT2D eigenvalue weighted by Gasteiger charge is -2.24. The van der Waals surface area contributed by atoms with Gasteiger partial charge in [-0.3, -0.25) is 14.0 Å². The molecule has 3 atom stereocenters. The smallest absolute Gasteiger partial charge is 0.232 e. The Morgan fingerprint density at radius 1 is 0.602 bits per heavy atom. The van der Waals surface area contributed by atoms with Crippen LogP contribution in [0.1, 0.15) is 49.7 Å². The van der Waals surface area contributed by atoms with E-state index in [0.717, 1.165) is 108 Å². The molecule has 3 aliphatic rings. The lowest BCUT2D eigenvalue weighted by Crippen LogP contribution is -2.33. The quantitative estimate of drug-likeness (QED) is 0.0514. The number of aryl methyl sites for hydroxylation is 4. The molecule has 0 bridgehead atoms. The summed E-state index contributed by atoms with van der Waals surface area (Å²) < 4.78 is 30.0. The van der Waals surface area contributed by atoms with Gasteiger partial charge in [0.2, 0.25) is 22.3 Å². The van der Waals surface area contributed by atoms with Crippen molar-refractivity contribution >= 4 is 97.1 Å². The number of ether oxygens (including phenoxy) is 4. The zero-order chi connectivity index (χ0) is 62.8.